The lowest BCUT2D eigenvalue weighted by Gasteiger charge is -2.14. The van der Waals surface area contributed by atoms with E-state index in [1.807, 2.05) is 0 Å². The number of pyridine rings is 1. The molecule has 1 rings (SSSR count). The van der Waals surface area contributed by atoms with Gasteiger partial charge >= 0.3 is 6.36 Å². The van der Waals surface area contributed by atoms with Crippen LogP contribution in [0.3, 0.4) is 0 Å². The fourth-order valence-corrected chi connectivity index (χ4v) is 1.29. The molecule has 3 nitrogen and oxygen atoms in total. The highest BCUT2D eigenvalue weighted by molar-refractivity contribution is 5.40. The van der Waals surface area contributed by atoms with Gasteiger partial charge in [0.15, 0.2) is 0 Å². The zero-order valence-electron chi connectivity index (χ0n) is 8.81. The van der Waals surface area contributed by atoms with Crippen molar-refractivity contribution >= 4 is 0 Å². The summed E-state index contributed by atoms with van der Waals surface area (Å²) in [7, 11) is 0. The lowest BCUT2D eigenvalue weighted by atomic mass is 10.0. The molecule has 0 amide bonds. The number of rotatable bonds is 3. The first-order valence-electron chi connectivity index (χ1n) is 4.55. The SMILES string of the molecule is Cc1c(CF)cnc(OC(F)(F)F)c1CC#N. The summed E-state index contributed by atoms with van der Waals surface area (Å²) in [6.07, 6.45) is -4.24. The van der Waals surface area contributed by atoms with Crippen LogP contribution in [0.1, 0.15) is 16.7 Å². The summed E-state index contributed by atoms with van der Waals surface area (Å²) >= 11 is 0. The number of nitrogens with zero attached hydrogens (tertiary/aromatic N) is 2. The number of hydrogen-bond donors (Lipinski definition) is 0. The molecule has 0 aliphatic carbocycles. The highest BCUT2D eigenvalue weighted by atomic mass is 19.4. The Hall–Kier alpha value is -1.84. The number of nitriles is 1. The zero-order valence-corrected chi connectivity index (χ0v) is 8.81. The Morgan fingerprint density at radius 3 is 2.59 bits per heavy atom. The minimum absolute atomic E-state index is 0.0417. The molecule has 1 aromatic heterocycles. The quantitative estimate of drug-likeness (QED) is 0.772. The van der Waals surface area contributed by atoms with Gasteiger partial charge in [-0.3, -0.25) is 0 Å². The van der Waals surface area contributed by atoms with Crippen LogP contribution < -0.4 is 4.74 Å². The van der Waals surface area contributed by atoms with Crippen LogP contribution in [0.25, 0.3) is 0 Å². The average molecular weight is 248 g/mol. The predicted molar refractivity (Wildman–Crippen MR) is 49.8 cm³/mol. The van der Waals surface area contributed by atoms with Crippen molar-refractivity contribution in [3.63, 3.8) is 0 Å². The first-order chi connectivity index (χ1) is 7.89. The molecule has 1 aromatic rings. The molecule has 1 heterocycles. The Morgan fingerprint density at radius 2 is 2.12 bits per heavy atom. The van der Waals surface area contributed by atoms with Gasteiger partial charge in [0.05, 0.1) is 12.5 Å². The molecule has 0 radical (unpaired) electrons. The van der Waals surface area contributed by atoms with Gasteiger partial charge in [-0.15, -0.1) is 13.2 Å². The summed E-state index contributed by atoms with van der Waals surface area (Å²) in [6, 6.07) is 1.69. The molecule has 0 unspecified atom stereocenters. The van der Waals surface area contributed by atoms with Gasteiger partial charge < -0.3 is 4.74 Å². The first kappa shape index (κ1) is 13.2. The highest BCUT2D eigenvalue weighted by Gasteiger charge is 2.33. The van der Waals surface area contributed by atoms with Crippen LogP contribution in [-0.2, 0) is 13.1 Å². The van der Waals surface area contributed by atoms with E-state index in [9.17, 15) is 17.6 Å². The number of aromatic nitrogens is 1. The second kappa shape index (κ2) is 4.99. The van der Waals surface area contributed by atoms with Crippen LogP contribution in [-0.4, -0.2) is 11.3 Å². The maximum absolute atomic E-state index is 12.5. The number of halogens is 4. The van der Waals surface area contributed by atoms with Gasteiger partial charge in [-0.2, -0.15) is 5.26 Å². The van der Waals surface area contributed by atoms with Gasteiger partial charge in [-0.1, -0.05) is 0 Å². The van der Waals surface area contributed by atoms with Crippen molar-refractivity contribution in [1.82, 2.24) is 4.98 Å². The number of hydrogen-bond acceptors (Lipinski definition) is 3. The molecule has 0 N–H and O–H groups in total. The third-order valence-electron chi connectivity index (χ3n) is 2.14. The van der Waals surface area contributed by atoms with Gasteiger partial charge in [0.25, 0.3) is 0 Å². The van der Waals surface area contributed by atoms with Crippen molar-refractivity contribution in [3.05, 3.63) is 22.9 Å². The maximum Gasteiger partial charge on any atom is 0.574 e. The molecule has 0 saturated heterocycles. The zero-order chi connectivity index (χ0) is 13.1. The molecule has 92 valence electrons. The predicted octanol–water partition coefficient (Wildman–Crippen LogP) is 2.82. The summed E-state index contributed by atoms with van der Waals surface area (Å²) < 4.78 is 52.3. The Kier molecular flexibility index (Phi) is 3.89. The molecule has 0 bridgehead atoms. The fraction of sp³-hybridized carbons (Fsp3) is 0.400. The Morgan fingerprint density at radius 1 is 1.47 bits per heavy atom. The molecular formula is C10H8F4N2O. The van der Waals surface area contributed by atoms with Gasteiger partial charge in [-0.25, -0.2) is 9.37 Å². The van der Waals surface area contributed by atoms with E-state index >= 15 is 0 Å². The monoisotopic (exact) mass is 248 g/mol. The van der Waals surface area contributed by atoms with Crippen molar-refractivity contribution in [2.24, 2.45) is 0 Å². The molecule has 7 heteroatoms. The van der Waals surface area contributed by atoms with Crippen molar-refractivity contribution < 1.29 is 22.3 Å². The third-order valence-corrected chi connectivity index (χ3v) is 2.14. The van der Waals surface area contributed by atoms with Gasteiger partial charge in [-0.05, 0) is 12.5 Å². The molecule has 0 aliphatic heterocycles. The molecule has 0 aliphatic rings. The fourth-order valence-electron chi connectivity index (χ4n) is 1.29. The van der Waals surface area contributed by atoms with E-state index in [1.165, 1.54) is 6.92 Å². The van der Waals surface area contributed by atoms with Crippen molar-refractivity contribution in [3.8, 4) is 11.9 Å². The van der Waals surface area contributed by atoms with Crippen molar-refractivity contribution in [2.45, 2.75) is 26.4 Å². The smallest absolute Gasteiger partial charge is 0.388 e. The minimum Gasteiger partial charge on any atom is -0.388 e. The van der Waals surface area contributed by atoms with E-state index < -0.39 is 18.9 Å². The molecule has 0 spiro atoms. The molecule has 0 atom stereocenters. The summed E-state index contributed by atoms with van der Waals surface area (Å²) in [5.74, 6) is -0.700. The maximum atomic E-state index is 12.5. The second-order valence-corrected chi connectivity index (χ2v) is 3.21. The Labute approximate surface area is 94.6 Å². The molecular weight excluding hydrogens is 240 g/mol. The highest BCUT2D eigenvalue weighted by Crippen LogP contribution is 2.28. The lowest BCUT2D eigenvalue weighted by molar-refractivity contribution is -0.276. The third kappa shape index (κ3) is 3.31. The summed E-state index contributed by atoms with van der Waals surface area (Å²) in [4.78, 5) is 3.38. The van der Waals surface area contributed by atoms with Gasteiger partial charge in [0, 0.05) is 17.3 Å². The Bertz CT molecular complexity index is 451. The van der Waals surface area contributed by atoms with Gasteiger partial charge in [0.2, 0.25) is 5.88 Å². The molecule has 0 fully saturated rings. The standard InChI is InChI=1S/C10H8F4N2O/c1-6-7(4-11)5-16-9(8(6)2-3-15)17-10(12,13)14/h5H,2,4H2,1H3. The van der Waals surface area contributed by atoms with Crippen molar-refractivity contribution in [2.75, 3.05) is 0 Å². The lowest BCUT2D eigenvalue weighted by Crippen LogP contribution is -2.19. The van der Waals surface area contributed by atoms with Gasteiger partial charge in [0.1, 0.15) is 6.67 Å². The topological polar surface area (TPSA) is 45.9 Å². The largest absolute Gasteiger partial charge is 0.574 e. The Balaban J connectivity index is 3.22. The number of ether oxygens (including phenoxy) is 1. The van der Waals surface area contributed by atoms with E-state index in [4.69, 9.17) is 5.26 Å². The van der Waals surface area contributed by atoms with Crippen LogP contribution in [0.5, 0.6) is 5.88 Å². The second-order valence-electron chi connectivity index (χ2n) is 3.21. The summed E-state index contributed by atoms with van der Waals surface area (Å²) in [5.41, 5.74) is 0.355. The first-order valence-corrected chi connectivity index (χ1v) is 4.55. The van der Waals surface area contributed by atoms with Crippen LogP contribution in [0.4, 0.5) is 17.6 Å². The van der Waals surface area contributed by atoms with Crippen LogP contribution >= 0.6 is 0 Å². The van der Waals surface area contributed by atoms with E-state index in [2.05, 4.69) is 9.72 Å². The van der Waals surface area contributed by atoms with Crippen LogP contribution in [0.2, 0.25) is 0 Å². The van der Waals surface area contributed by atoms with E-state index in [-0.39, 0.29) is 23.1 Å². The van der Waals surface area contributed by atoms with E-state index in [0.29, 0.717) is 0 Å². The average Bonchev–Trinajstić information content (AvgIpc) is 2.22. The minimum atomic E-state index is -4.89. The van der Waals surface area contributed by atoms with Crippen molar-refractivity contribution in [1.29, 1.82) is 5.26 Å². The number of alkyl halides is 4. The van der Waals surface area contributed by atoms with E-state index in [0.717, 1.165) is 6.20 Å². The van der Waals surface area contributed by atoms with Crippen LogP contribution in [0, 0.1) is 18.3 Å². The molecule has 0 aromatic carbocycles. The normalized spacial score (nSPS) is 11.1. The molecule has 0 saturated carbocycles. The summed E-state index contributed by atoms with van der Waals surface area (Å²) in [5, 5.41) is 8.52. The molecule has 17 heavy (non-hydrogen) atoms. The van der Waals surface area contributed by atoms with Crippen LogP contribution in [0.15, 0.2) is 6.20 Å². The van der Waals surface area contributed by atoms with E-state index in [1.54, 1.807) is 6.07 Å². The summed E-state index contributed by atoms with van der Waals surface area (Å²) in [6.45, 7) is 0.566.